The number of hydrogen-bond donors (Lipinski definition) is 0. The van der Waals surface area contributed by atoms with Gasteiger partial charge < -0.3 is 4.90 Å². The van der Waals surface area contributed by atoms with Gasteiger partial charge in [0, 0.05) is 25.4 Å². The molecule has 1 saturated heterocycles. The molecule has 86 valence electrons. The number of carbonyl (C=O) groups is 1. The highest BCUT2D eigenvalue weighted by molar-refractivity contribution is 5.76. The second-order valence-electron chi connectivity index (χ2n) is 4.44. The number of carbonyl (C=O) groups excluding carboxylic acids is 1. The zero-order valence-corrected chi connectivity index (χ0v) is 9.86. The molecule has 1 aliphatic rings. The van der Waals surface area contributed by atoms with E-state index in [4.69, 9.17) is 0 Å². The van der Waals surface area contributed by atoms with Gasteiger partial charge in [0.1, 0.15) is 0 Å². The molecular weight excluding hydrogens is 198 g/mol. The summed E-state index contributed by atoms with van der Waals surface area (Å²) in [5.41, 5.74) is 1.37. The smallest absolute Gasteiger partial charge is 0.222 e. The standard InChI is InChI=1S/C14H19NO/c1-2-14(16)15-10-6-9-13(11-15)12-7-4-3-5-8-12/h3-5,7-8,13H,2,6,9-11H2,1H3. The maximum atomic E-state index is 11.7. The summed E-state index contributed by atoms with van der Waals surface area (Å²) in [4.78, 5) is 13.7. The predicted molar refractivity (Wildman–Crippen MR) is 65.3 cm³/mol. The van der Waals surface area contributed by atoms with Crippen molar-refractivity contribution < 1.29 is 4.79 Å². The van der Waals surface area contributed by atoms with Gasteiger partial charge in [0.15, 0.2) is 0 Å². The van der Waals surface area contributed by atoms with Crippen LogP contribution in [0.3, 0.4) is 0 Å². The lowest BCUT2D eigenvalue weighted by atomic mass is 9.90. The van der Waals surface area contributed by atoms with Crippen LogP contribution < -0.4 is 0 Å². The Balaban J connectivity index is 2.05. The summed E-state index contributed by atoms with van der Waals surface area (Å²) in [6.45, 7) is 3.78. The van der Waals surface area contributed by atoms with Gasteiger partial charge in [-0.2, -0.15) is 0 Å². The van der Waals surface area contributed by atoms with Crippen molar-refractivity contribution in [1.82, 2.24) is 4.90 Å². The van der Waals surface area contributed by atoms with E-state index in [-0.39, 0.29) is 0 Å². The van der Waals surface area contributed by atoms with Crippen LogP contribution in [-0.2, 0) is 4.79 Å². The van der Waals surface area contributed by atoms with E-state index in [0.29, 0.717) is 18.2 Å². The minimum Gasteiger partial charge on any atom is -0.342 e. The molecule has 0 aliphatic carbocycles. The number of benzene rings is 1. The van der Waals surface area contributed by atoms with Crippen LogP contribution in [0.25, 0.3) is 0 Å². The molecule has 0 saturated carbocycles. The second-order valence-corrected chi connectivity index (χ2v) is 4.44. The molecule has 0 bridgehead atoms. The van der Waals surface area contributed by atoms with Crippen molar-refractivity contribution in [2.24, 2.45) is 0 Å². The van der Waals surface area contributed by atoms with Crippen molar-refractivity contribution in [3.8, 4) is 0 Å². The molecule has 0 spiro atoms. The number of amides is 1. The molecule has 1 aliphatic heterocycles. The molecule has 0 N–H and O–H groups in total. The lowest BCUT2D eigenvalue weighted by Crippen LogP contribution is -2.38. The summed E-state index contributed by atoms with van der Waals surface area (Å²) in [6.07, 6.45) is 2.96. The molecule has 1 fully saturated rings. The highest BCUT2D eigenvalue weighted by atomic mass is 16.2. The van der Waals surface area contributed by atoms with Gasteiger partial charge in [0.05, 0.1) is 0 Å². The Labute approximate surface area is 97.3 Å². The number of piperidine rings is 1. The van der Waals surface area contributed by atoms with Crippen LogP contribution in [0.5, 0.6) is 0 Å². The van der Waals surface area contributed by atoms with E-state index in [1.165, 1.54) is 12.0 Å². The van der Waals surface area contributed by atoms with E-state index in [9.17, 15) is 4.79 Å². The molecule has 1 atom stereocenters. The largest absolute Gasteiger partial charge is 0.342 e. The molecule has 0 radical (unpaired) electrons. The van der Waals surface area contributed by atoms with Crippen LogP contribution in [0.15, 0.2) is 30.3 Å². The minimum absolute atomic E-state index is 0.292. The fourth-order valence-corrected chi connectivity index (χ4v) is 2.42. The topological polar surface area (TPSA) is 20.3 Å². The molecule has 2 heteroatoms. The average molecular weight is 217 g/mol. The van der Waals surface area contributed by atoms with E-state index < -0.39 is 0 Å². The Morgan fingerprint density at radius 2 is 2.12 bits per heavy atom. The molecule has 16 heavy (non-hydrogen) atoms. The first-order valence-electron chi connectivity index (χ1n) is 6.14. The summed E-state index contributed by atoms with van der Waals surface area (Å²) >= 11 is 0. The molecular formula is C14H19NO. The predicted octanol–water partition coefficient (Wildman–Crippen LogP) is 2.80. The van der Waals surface area contributed by atoms with Crippen molar-refractivity contribution >= 4 is 5.91 Å². The van der Waals surface area contributed by atoms with Crippen LogP contribution in [0.1, 0.15) is 37.7 Å². The Morgan fingerprint density at radius 1 is 1.38 bits per heavy atom. The second kappa shape index (κ2) is 5.15. The summed E-state index contributed by atoms with van der Waals surface area (Å²) < 4.78 is 0. The van der Waals surface area contributed by atoms with Crippen LogP contribution in [-0.4, -0.2) is 23.9 Å². The highest BCUT2D eigenvalue weighted by Gasteiger charge is 2.23. The summed E-state index contributed by atoms with van der Waals surface area (Å²) in [6, 6.07) is 10.5. The van der Waals surface area contributed by atoms with E-state index in [2.05, 4.69) is 24.3 Å². The quantitative estimate of drug-likeness (QED) is 0.746. The van der Waals surface area contributed by atoms with Crippen LogP contribution in [0.4, 0.5) is 0 Å². The van der Waals surface area contributed by atoms with E-state index in [1.54, 1.807) is 0 Å². The third-order valence-electron chi connectivity index (χ3n) is 3.35. The first-order valence-corrected chi connectivity index (χ1v) is 6.14. The van der Waals surface area contributed by atoms with Gasteiger partial charge in [-0.15, -0.1) is 0 Å². The zero-order chi connectivity index (χ0) is 11.4. The molecule has 1 heterocycles. The normalized spacial score (nSPS) is 20.8. The van der Waals surface area contributed by atoms with Gasteiger partial charge >= 0.3 is 0 Å². The third kappa shape index (κ3) is 2.43. The average Bonchev–Trinajstić information content (AvgIpc) is 2.39. The van der Waals surface area contributed by atoms with Gasteiger partial charge in [-0.1, -0.05) is 37.3 Å². The number of likely N-dealkylation sites (tertiary alicyclic amines) is 1. The number of hydrogen-bond acceptors (Lipinski definition) is 1. The molecule has 0 aromatic heterocycles. The van der Waals surface area contributed by atoms with Gasteiger partial charge in [0.25, 0.3) is 0 Å². The first-order chi connectivity index (χ1) is 7.81. The number of rotatable bonds is 2. The first kappa shape index (κ1) is 11.2. The van der Waals surface area contributed by atoms with Crippen molar-refractivity contribution in [1.29, 1.82) is 0 Å². The van der Waals surface area contributed by atoms with Gasteiger partial charge in [-0.05, 0) is 18.4 Å². The molecule has 1 amide bonds. The SMILES string of the molecule is CCC(=O)N1CCCC(c2ccccc2)C1. The summed E-state index contributed by atoms with van der Waals surface area (Å²) in [5, 5.41) is 0. The third-order valence-corrected chi connectivity index (χ3v) is 3.35. The fourth-order valence-electron chi connectivity index (χ4n) is 2.42. The van der Waals surface area contributed by atoms with Crippen LogP contribution >= 0.6 is 0 Å². The van der Waals surface area contributed by atoms with Crippen molar-refractivity contribution in [3.63, 3.8) is 0 Å². The molecule has 1 aromatic carbocycles. The van der Waals surface area contributed by atoms with Crippen molar-refractivity contribution in [3.05, 3.63) is 35.9 Å². The Morgan fingerprint density at radius 3 is 2.81 bits per heavy atom. The molecule has 1 unspecified atom stereocenters. The van der Waals surface area contributed by atoms with Crippen LogP contribution in [0.2, 0.25) is 0 Å². The summed E-state index contributed by atoms with van der Waals surface area (Å²) in [7, 11) is 0. The van der Waals surface area contributed by atoms with Crippen molar-refractivity contribution in [2.45, 2.75) is 32.1 Å². The minimum atomic E-state index is 0.292. The van der Waals surface area contributed by atoms with Crippen molar-refractivity contribution in [2.75, 3.05) is 13.1 Å². The highest BCUT2D eigenvalue weighted by Crippen LogP contribution is 2.26. The van der Waals surface area contributed by atoms with Gasteiger partial charge in [-0.25, -0.2) is 0 Å². The fraction of sp³-hybridized carbons (Fsp3) is 0.500. The maximum Gasteiger partial charge on any atom is 0.222 e. The lowest BCUT2D eigenvalue weighted by Gasteiger charge is -2.33. The number of nitrogens with zero attached hydrogens (tertiary/aromatic N) is 1. The Bertz CT molecular complexity index is 347. The Kier molecular flexibility index (Phi) is 3.60. The Hall–Kier alpha value is -1.31. The van der Waals surface area contributed by atoms with Gasteiger partial charge in [-0.3, -0.25) is 4.79 Å². The molecule has 1 aromatic rings. The zero-order valence-electron chi connectivity index (χ0n) is 9.86. The monoisotopic (exact) mass is 217 g/mol. The van der Waals surface area contributed by atoms with Crippen LogP contribution in [0, 0.1) is 0 Å². The maximum absolute atomic E-state index is 11.7. The van der Waals surface area contributed by atoms with Gasteiger partial charge in [0.2, 0.25) is 5.91 Å². The lowest BCUT2D eigenvalue weighted by molar-refractivity contribution is -0.132. The van der Waals surface area contributed by atoms with E-state index in [1.807, 2.05) is 17.9 Å². The summed E-state index contributed by atoms with van der Waals surface area (Å²) in [5.74, 6) is 0.825. The molecule has 2 rings (SSSR count). The van der Waals surface area contributed by atoms with E-state index in [0.717, 1.165) is 19.5 Å². The van der Waals surface area contributed by atoms with E-state index >= 15 is 0 Å². The molecule has 2 nitrogen and oxygen atoms in total.